The van der Waals surface area contributed by atoms with E-state index in [-0.39, 0.29) is 17.5 Å². The Morgan fingerprint density at radius 1 is 1.10 bits per heavy atom. The highest BCUT2D eigenvalue weighted by Gasteiger charge is 2.25. The fourth-order valence-corrected chi connectivity index (χ4v) is 6.20. The van der Waals surface area contributed by atoms with Gasteiger partial charge in [0.25, 0.3) is 11.5 Å². The van der Waals surface area contributed by atoms with Crippen molar-refractivity contribution in [3.8, 4) is 27.5 Å². The van der Waals surface area contributed by atoms with Crippen LogP contribution in [0.5, 0.6) is 0 Å². The molecule has 2 N–H and O–H groups in total. The maximum Gasteiger partial charge on any atom is 0.265 e. The molecule has 3 heterocycles. The van der Waals surface area contributed by atoms with Gasteiger partial charge in [-0.2, -0.15) is 0 Å². The molecule has 1 amide bonds. The number of pyridine rings is 1. The fourth-order valence-electron chi connectivity index (χ4n) is 5.24. The van der Waals surface area contributed by atoms with Crippen LogP contribution in [0.2, 0.25) is 5.02 Å². The number of aromatic nitrogens is 2. The molecule has 0 spiro atoms. The number of hydrogen-bond donors (Lipinski definition) is 2. The van der Waals surface area contributed by atoms with Crippen molar-refractivity contribution in [1.29, 1.82) is 0 Å². The standard InChI is InChI=1S/C31H33ClN4O2S/c1-4-20-7-6-8-21(5-2)28(20)36-19(3)25(29(37)34-24-13-15-33-16-14-24)17-26(31(36)38)30-35-27(18-39-30)22-9-11-23(32)12-10-22/h6-12,17-18,24,33H,4-5,13-16H2,1-3H3,(H,34,37). The number of carbonyl (C=O) groups is 1. The Morgan fingerprint density at radius 2 is 1.77 bits per heavy atom. The van der Waals surface area contributed by atoms with Crippen LogP contribution in [0.15, 0.2) is 58.7 Å². The number of carbonyl (C=O) groups excluding carboxylic acids is 1. The van der Waals surface area contributed by atoms with Crippen molar-refractivity contribution in [3.05, 3.63) is 91.7 Å². The summed E-state index contributed by atoms with van der Waals surface area (Å²) in [4.78, 5) is 32.8. The number of nitrogens with one attached hydrogen (secondary N) is 2. The summed E-state index contributed by atoms with van der Waals surface area (Å²) >= 11 is 7.48. The van der Waals surface area contributed by atoms with Gasteiger partial charge in [-0.05, 0) is 75.0 Å². The van der Waals surface area contributed by atoms with E-state index < -0.39 is 0 Å². The van der Waals surface area contributed by atoms with Crippen LogP contribution >= 0.6 is 22.9 Å². The second-order valence-corrected chi connectivity index (χ2v) is 11.2. The number of nitrogens with zero attached hydrogens (tertiary/aromatic N) is 2. The van der Waals surface area contributed by atoms with E-state index in [1.54, 1.807) is 10.6 Å². The van der Waals surface area contributed by atoms with Gasteiger partial charge in [0.2, 0.25) is 0 Å². The molecule has 1 aliphatic heterocycles. The average Bonchev–Trinajstić information content (AvgIpc) is 3.44. The second kappa shape index (κ2) is 11.9. The number of amides is 1. The van der Waals surface area contributed by atoms with Crippen molar-refractivity contribution in [3.63, 3.8) is 0 Å². The van der Waals surface area contributed by atoms with Crippen molar-refractivity contribution in [2.45, 2.75) is 52.5 Å². The minimum Gasteiger partial charge on any atom is -0.349 e. The van der Waals surface area contributed by atoms with Gasteiger partial charge >= 0.3 is 0 Å². The molecule has 0 unspecified atom stereocenters. The van der Waals surface area contributed by atoms with Crippen molar-refractivity contribution >= 4 is 28.8 Å². The number of aryl methyl sites for hydroxylation is 2. The molecule has 4 aromatic rings. The SMILES string of the molecule is CCc1cccc(CC)c1-n1c(C)c(C(=O)NC2CCNCC2)cc(-c2nc(-c3ccc(Cl)cc3)cs2)c1=O. The topological polar surface area (TPSA) is 76.0 Å². The van der Waals surface area contributed by atoms with Crippen LogP contribution < -0.4 is 16.2 Å². The Labute approximate surface area is 238 Å². The Hall–Kier alpha value is -3.26. The van der Waals surface area contributed by atoms with Crippen LogP contribution in [-0.2, 0) is 12.8 Å². The molecular weight excluding hydrogens is 528 g/mol. The largest absolute Gasteiger partial charge is 0.349 e. The van der Waals surface area contributed by atoms with Crippen LogP contribution in [-0.4, -0.2) is 34.6 Å². The molecule has 0 atom stereocenters. The summed E-state index contributed by atoms with van der Waals surface area (Å²) in [5, 5.41) is 9.74. The zero-order valence-electron chi connectivity index (χ0n) is 22.5. The van der Waals surface area contributed by atoms with Crippen LogP contribution in [0, 0.1) is 6.92 Å². The van der Waals surface area contributed by atoms with Gasteiger partial charge in [-0.1, -0.05) is 55.8 Å². The lowest BCUT2D eigenvalue weighted by Crippen LogP contribution is -2.43. The highest BCUT2D eigenvalue weighted by molar-refractivity contribution is 7.13. The van der Waals surface area contributed by atoms with Crippen LogP contribution in [0.4, 0.5) is 0 Å². The lowest BCUT2D eigenvalue weighted by atomic mass is 10.0. The molecule has 0 bridgehead atoms. The Bertz CT molecular complexity index is 1530. The summed E-state index contributed by atoms with van der Waals surface area (Å²) in [5.74, 6) is -0.157. The molecule has 0 radical (unpaired) electrons. The van der Waals surface area contributed by atoms with E-state index >= 15 is 0 Å². The molecule has 2 aromatic heterocycles. The van der Waals surface area contributed by atoms with Crippen LogP contribution in [0.3, 0.4) is 0 Å². The Balaban J connectivity index is 1.69. The third-order valence-corrected chi connectivity index (χ3v) is 8.56. The first-order chi connectivity index (χ1) is 18.9. The third-order valence-electron chi connectivity index (χ3n) is 7.43. The van der Waals surface area contributed by atoms with E-state index in [1.807, 2.05) is 42.6 Å². The molecule has 1 aliphatic rings. The van der Waals surface area contributed by atoms with E-state index in [0.717, 1.165) is 66.8 Å². The summed E-state index contributed by atoms with van der Waals surface area (Å²) in [6.45, 7) is 7.81. The summed E-state index contributed by atoms with van der Waals surface area (Å²) in [6, 6.07) is 15.5. The molecular formula is C31H33ClN4O2S. The first-order valence-corrected chi connectivity index (χ1v) is 14.8. The van der Waals surface area contributed by atoms with Gasteiger partial charge in [0.15, 0.2) is 0 Å². The molecule has 0 aliphatic carbocycles. The average molecular weight is 561 g/mol. The molecule has 6 nitrogen and oxygen atoms in total. The predicted octanol–water partition coefficient (Wildman–Crippen LogP) is 6.20. The van der Waals surface area contributed by atoms with Gasteiger partial charge in [-0.15, -0.1) is 11.3 Å². The van der Waals surface area contributed by atoms with E-state index in [4.69, 9.17) is 16.6 Å². The van der Waals surface area contributed by atoms with E-state index in [9.17, 15) is 9.59 Å². The minimum absolute atomic E-state index is 0.104. The first kappa shape index (κ1) is 27.3. The zero-order chi connectivity index (χ0) is 27.5. The predicted molar refractivity (Wildman–Crippen MR) is 160 cm³/mol. The normalized spacial score (nSPS) is 13.9. The summed E-state index contributed by atoms with van der Waals surface area (Å²) in [7, 11) is 0. The number of piperidine rings is 1. The molecule has 202 valence electrons. The molecule has 39 heavy (non-hydrogen) atoms. The Kier molecular flexibility index (Phi) is 8.31. The Morgan fingerprint density at radius 3 is 2.41 bits per heavy atom. The van der Waals surface area contributed by atoms with Gasteiger partial charge in [-0.3, -0.25) is 14.2 Å². The van der Waals surface area contributed by atoms with Crippen molar-refractivity contribution in [2.75, 3.05) is 13.1 Å². The van der Waals surface area contributed by atoms with Gasteiger partial charge in [0.1, 0.15) is 5.01 Å². The highest BCUT2D eigenvalue weighted by Crippen LogP contribution is 2.31. The molecule has 1 saturated heterocycles. The number of hydrogen-bond acceptors (Lipinski definition) is 5. The maximum atomic E-state index is 14.3. The monoisotopic (exact) mass is 560 g/mol. The van der Waals surface area contributed by atoms with E-state index in [1.165, 1.54) is 11.3 Å². The summed E-state index contributed by atoms with van der Waals surface area (Å²) < 4.78 is 1.74. The van der Waals surface area contributed by atoms with E-state index in [2.05, 4.69) is 36.6 Å². The third kappa shape index (κ3) is 5.57. The number of rotatable bonds is 7. The van der Waals surface area contributed by atoms with Gasteiger partial charge in [0, 0.05) is 27.7 Å². The van der Waals surface area contributed by atoms with E-state index in [0.29, 0.717) is 26.9 Å². The zero-order valence-corrected chi connectivity index (χ0v) is 24.1. The number of benzene rings is 2. The van der Waals surface area contributed by atoms with Crippen LogP contribution in [0.25, 0.3) is 27.5 Å². The summed E-state index contributed by atoms with van der Waals surface area (Å²) in [6.07, 6.45) is 3.31. The highest BCUT2D eigenvalue weighted by atomic mass is 35.5. The smallest absolute Gasteiger partial charge is 0.265 e. The fraction of sp³-hybridized carbons (Fsp3) is 0.323. The molecule has 5 rings (SSSR count). The van der Waals surface area contributed by atoms with Crippen LogP contribution in [0.1, 0.15) is 53.9 Å². The molecule has 2 aromatic carbocycles. The number of thiazole rings is 1. The first-order valence-electron chi connectivity index (χ1n) is 13.5. The quantitative estimate of drug-likeness (QED) is 0.282. The summed E-state index contributed by atoms with van der Waals surface area (Å²) in [5.41, 5.74) is 6.10. The minimum atomic E-state index is -0.168. The number of para-hydroxylation sites is 1. The molecule has 1 fully saturated rings. The maximum absolute atomic E-state index is 14.3. The molecule has 8 heteroatoms. The van der Waals surface area contributed by atoms with Gasteiger partial charge in [-0.25, -0.2) is 4.98 Å². The number of halogens is 1. The lowest BCUT2D eigenvalue weighted by molar-refractivity contribution is 0.0928. The lowest BCUT2D eigenvalue weighted by Gasteiger charge is -2.25. The van der Waals surface area contributed by atoms with Gasteiger partial charge < -0.3 is 10.6 Å². The second-order valence-electron chi connectivity index (χ2n) is 9.87. The van der Waals surface area contributed by atoms with Crippen molar-refractivity contribution < 1.29 is 4.79 Å². The van der Waals surface area contributed by atoms with Gasteiger partial charge in [0.05, 0.1) is 22.5 Å². The van der Waals surface area contributed by atoms with Crippen molar-refractivity contribution in [1.82, 2.24) is 20.2 Å². The molecule has 0 saturated carbocycles. The van der Waals surface area contributed by atoms with Crippen molar-refractivity contribution in [2.24, 2.45) is 0 Å².